The minimum Gasteiger partial charge on any atom is -0.493 e. The molecule has 0 amide bonds. The van der Waals surface area contributed by atoms with Gasteiger partial charge in [-0.2, -0.15) is 0 Å². The van der Waals surface area contributed by atoms with Gasteiger partial charge in [0.2, 0.25) is 5.90 Å². The van der Waals surface area contributed by atoms with Gasteiger partial charge in [-0.05, 0) is 43.2 Å². The smallest absolute Gasteiger partial charge is 0.363 e. The molecule has 9 nitrogen and oxygen atoms in total. The summed E-state index contributed by atoms with van der Waals surface area (Å²) in [6, 6.07) is 9.27. The zero-order valence-electron chi connectivity index (χ0n) is 17.2. The van der Waals surface area contributed by atoms with Crippen molar-refractivity contribution in [1.29, 1.82) is 0 Å². The molecular weight excluding hydrogens is 404 g/mol. The first-order valence-corrected chi connectivity index (χ1v) is 9.49. The fourth-order valence-electron chi connectivity index (χ4n) is 2.87. The van der Waals surface area contributed by atoms with Gasteiger partial charge in [-0.25, -0.2) is 9.79 Å². The highest BCUT2D eigenvalue weighted by molar-refractivity contribution is 6.13. The van der Waals surface area contributed by atoms with Crippen LogP contribution in [-0.2, 0) is 14.3 Å². The minimum absolute atomic E-state index is 0.0172. The summed E-state index contributed by atoms with van der Waals surface area (Å²) in [6.07, 6.45) is 2.44. The van der Waals surface area contributed by atoms with Crippen molar-refractivity contribution in [2.45, 2.75) is 26.7 Å². The summed E-state index contributed by atoms with van der Waals surface area (Å²) in [5.74, 6) is -0.475. The van der Waals surface area contributed by atoms with Crippen LogP contribution in [0.3, 0.4) is 0 Å². The van der Waals surface area contributed by atoms with Crippen molar-refractivity contribution in [3.05, 3.63) is 68.9 Å². The Morgan fingerprint density at radius 1 is 1.23 bits per heavy atom. The van der Waals surface area contributed by atoms with E-state index in [-0.39, 0.29) is 35.4 Å². The summed E-state index contributed by atoms with van der Waals surface area (Å²) < 4.78 is 15.7. The average Bonchev–Trinajstić information content (AvgIpc) is 3.09. The molecule has 31 heavy (non-hydrogen) atoms. The number of rotatable bonds is 7. The van der Waals surface area contributed by atoms with Gasteiger partial charge in [0, 0.05) is 23.6 Å². The van der Waals surface area contributed by atoms with Crippen molar-refractivity contribution >= 4 is 29.6 Å². The zero-order valence-corrected chi connectivity index (χ0v) is 17.2. The molecule has 9 heteroatoms. The largest absolute Gasteiger partial charge is 0.493 e. The van der Waals surface area contributed by atoms with E-state index in [1.807, 2.05) is 6.92 Å². The van der Waals surface area contributed by atoms with Gasteiger partial charge in [0.15, 0.2) is 17.2 Å². The Kier molecular flexibility index (Phi) is 6.44. The van der Waals surface area contributed by atoms with E-state index >= 15 is 0 Å². The molecule has 0 radical (unpaired) electrons. The maximum Gasteiger partial charge on any atom is 0.363 e. The Hall–Kier alpha value is -4.01. The maximum absolute atomic E-state index is 12.2. The summed E-state index contributed by atoms with van der Waals surface area (Å²) in [6.45, 7) is 3.49. The highest BCUT2D eigenvalue weighted by atomic mass is 16.6. The van der Waals surface area contributed by atoms with E-state index < -0.39 is 10.9 Å². The van der Waals surface area contributed by atoms with Crippen LogP contribution in [0.4, 0.5) is 5.69 Å². The monoisotopic (exact) mass is 424 g/mol. The number of ether oxygens (including phenoxy) is 3. The number of nitro benzene ring substituents is 1. The number of hydrogen-bond acceptors (Lipinski definition) is 8. The van der Waals surface area contributed by atoms with Gasteiger partial charge in [-0.3, -0.25) is 14.9 Å². The van der Waals surface area contributed by atoms with Gasteiger partial charge in [0.05, 0.1) is 12.0 Å². The lowest BCUT2D eigenvalue weighted by Crippen LogP contribution is -2.08. The van der Waals surface area contributed by atoms with Gasteiger partial charge in [-0.1, -0.05) is 19.1 Å². The van der Waals surface area contributed by atoms with E-state index in [1.54, 1.807) is 37.3 Å². The van der Waals surface area contributed by atoms with Crippen LogP contribution in [-0.4, -0.2) is 29.9 Å². The Bertz CT molecular complexity index is 1120. The number of esters is 2. The second kappa shape index (κ2) is 9.21. The van der Waals surface area contributed by atoms with Crippen molar-refractivity contribution in [2.75, 3.05) is 7.11 Å². The summed E-state index contributed by atoms with van der Waals surface area (Å²) in [7, 11) is 1.44. The topological polar surface area (TPSA) is 117 Å². The van der Waals surface area contributed by atoms with Gasteiger partial charge in [-0.15, -0.1) is 0 Å². The molecule has 0 aromatic heterocycles. The van der Waals surface area contributed by atoms with Crippen LogP contribution in [0.1, 0.15) is 36.5 Å². The van der Waals surface area contributed by atoms with E-state index in [1.165, 1.54) is 19.3 Å². The molecule has 2 aromatic carbocycles. The van der Waals surface area contributed by atoms with Gasteiger partial charge < -0.3 is 14.2 Å². The Morgan fingerprint density at radius 3 is 2.68 bits per heavy atom. The van der Waals surface area contributed by atoms with Crippen molar-refractivity contribution in [1.82, 2.24) is 0 Å². The van der Waals surface area contributed by atoms with E-state index in [0.717, 1.165) is 0 Å². The summed E-state index contributed by atoms with van der Waals surface area (Å²) in [4.78, 5) is 38.8. The maximum atomic E-state index is 12.2. The van der Waals surface area contributed by atoms with Crippen LogP contribution in [0.15, 0.2) is 47.1 Å². The molecule has 160 valence electrons. The predicted octanol–water partition coefficient (Wildman–Crippen LogP) is 3.96. The SMILES string of the molecule is CCCC(=O)Oc1ccc(/C=C2\N=C(c3ccc(C)c([N+](=O)[O-])c3)OC2=O)cc1OC. The van der Waals surface area contributed by atoms with Gasteiger partial charge in [0.25, 0.3) is 5.69 Å². The molecule has 1 aliphatic heterocycles. The minimum atomic E-state index is -0.685. The molecule has 1 aliphatic rings. The summed E-state index contributed by atoms with van der Waals surface area (Å²) >= 11 is 0. The molecule has 3 rings (SSSR count). The Morgan fingerprint density at radius 2 is 2.00 bits per heavy atom. The third kappa shape index (κ3) is 4.95. The summed E-state index contributed by atoms with van der Waals surface area (Å²) in [5, 5.41) is 11.2. The van der Waals surface area contributed by atoms with Crippen LogP contribution in [0.5, 0.6) is 11.5 Å². The molecule has 0 unspecified atom stereocenters. The van der Waals surface area contributed by atoms with Gasteiger partial charge >= 0.3 is 11.9 Å². The molecule has 0 atom stereocenters. The number of benzene rings is 2. The third-order valence-electron chi connectivity index (χ3n) is 4.44. The molecule has 0 bridgehead atoms. The molecule has 2 aromatic rings. The number of nitrogens with zero attached hydrogens (tertiary/aromatic N) is 2. The zero-order chi connectivity index (χ0) is 22.5. The lowest BCUT2D eigenvalue weighted by molar-refractivity contribution is -0.385. The molecule has 0 saturated heterocycles. The van der Waals surface area contributed by atoms with Crippen molar-refractivity contribution in [3.63, 3.8) is 0 Å². The normalized spacial score (nSPS) is 14.2. The fraction of sp³-hybridized carbons (Fsp3) is 0.227. The molecular formula is C22H20N2O7. The van der Waals surface area contributed by atoms with Crippen molar-refractivity contribution < 1.29 is 28.7 Å². The molecule has 0 spiro atoms. The highest BCUT2D eigenvalue weighted by Gasteiger charge is 2.26. The first-order valence-electron chi connectivity index (χ1n) is 9.49. The van der Waals surface area contributed by atoms with Crippen molar-refractivity contribution in [2.24, 2.45) is 4.99 Å². The lowest BCUT2D eigenvalue weighted by Gasteiger charge is -2.09. The fourth-order valence-corrected chi connectivity index (χ4v) is 2.87. The second-order valence-corrected chi connectivity index (χ2v) is 6.73. The molecule has 1 heterocycles. The summed E-state index contributed by atoms with van der Waals surface area (Å²) in [5.41, 5.74) is 1.31. The number of hydrogen-bond donors (Lipinski definition) is 0. The third-order valence-corrected chi connectivity index (χ3v) is 4.44. The Balaban J connectivity index is 1.89. The average molecular weight is 424 g/mol. The standard InChI is InChI=1S/C22H20N2O7/c1-4-5-20(25)30-18-9-7-14(11-19(18)29-3)10-16-22(26)31-21(23-16)15-8-6-13(2)17(12-15)24(27)28/h6-12H,4-5H2,1-3H3/b16-10-. The number of carbonyl (C=O) groups is 2. The molecule has 0 saturated carbocycles. The van der Waals surface area contributed by atoms with E-state index in [2.05, 4.69) is 4.99 Å². The van der Waals surface area contributed by atoms with E-state index in [4.69, 9.17) is 14.2 Å². The van der Waals surface area contributed by atoms with Crippen molar-refractivity contribution in [3.8, 4) is 11.5 Å². The first kappa shape index (κ1) is 21.7. The number of carbonyl (C=O) groups excluding carboxylic acids is 2. The number of cyclic esters (lactones) is 1. The van der Waals surface area contributed by atoms with E-state index in [0.29, 0.717) is 28.9 Å². The first-order chi connectivity index (χ1) is 14.8. The number of methoxy groups -OCH3 is 1. The highest BCUT2D eigenvalue weighted by Crippen LogP contribution is 2.30. The Labute approximate surface area is 178 Å². The number of aliphatic imine (C=N–C) groups is 1. The van der Waals surface area contributed by atoms with Gasteiger partial charge in [0.1, 0.15) is 0 Å². The number of nitro groups is 1. The van der Waals surface area contributed by atoms with E-state index in [9.17, 15) is 19.7 Å². The van der Waals surface area contributed by atoms with Crippen LogP contribution in [0.25, 0.3) is 6.08 Å². The molecule has 0 N–H and O–H groups in total. The second-order valence-electron chi connectivity index (χ2n) is 6.73. The van der Waals surface area contributed by atoms with Crippen LogP contribution < -0.4 is 9.47 Å². The number of aryl methyl sites for hydroxylation is 1. The van der Waals surface area contributed by atoms with Crippen LogP contribution in [0.2, 0.25) is 0 Å². The lowest BCUT2D eigenvalue weighted by atomic mass is 10.1. The van der Waals surface area contributed by atoms with Crippen LogP contribution >= 0.6 is 0 Å². The molecule has 0 aliphatic carbocycles. The predicted molar refractivity (Wildman–Crippen MR) is 112 cm³/mol. The molecule has 0 fully saturated rings. The van der Waals surface area contributed by atoms with Crippen LogP contribution in [0, 0.1) is 17.0 Å². The quantitative estimate of drug-likeness (QED) is 0.217.